The largest absolute Gasteiger partial charge is 0.399 e. The van der Waals surface area contributed by atoms with E-state index in [1.54, 1.807) is 6.20 Å². The van der Waals surface area contributed by atoms with Crippen LogP contribution in [-0.4, -0.2) is 15.9 Å². The summed E-state index contributed by atoms with van der Waals surface area (Å²) in [5.74, 6) is 0.725. The van der Waals surface area contributed by atoms with Gasteiger partial charge in [0.25, 0.3) is 0 Å². The Morgan fingerprint density at radius 3 is 2.50 bits per heavy atom. The fourth-order valence-corrected chi connectivity index (χ4v) is 2.22. The maximum absolute atomic E-state index is 12.0. The molecule has 0 bridgehead atoms. The molecule has 0 spiro atoms. The van der Waals surface area contributed by atoms with Gasteiger partial charge in [-0.1, -0.05) is 31.6 Å². The van der Waals surface area contributed by atoms with Crippen molar-refractivity contribution < 1.29 is 4.79 Å². The van der Waals surface area contributed by atoms with Crippen LogP contribution in [0.4, 0.5) is 11.5 Å². The van der Waals surface area contributed by atoms with E-state index >= 15 is 0 Å². The zero-order chi connectivity index (χ0) is 17.7. The van der Waals surface area contributed by atoms with Gasteiger partial charge in [0.15, 0.2) is 5.82 Å². The molecule has 1 aromatic heterocycles. The van der Waals surface area contributed by atoms with Crippen molar-refractivity contribution in [3.05, 3.63) is 41.7 Å². The zero-order valence-corrected chi connectivity index (χ0v) is 14.6. The van der Waals surface area contributed by atoms with Crippen LogP contribution in [0, 0.1) is 5.92 Å². The molecule has 0 radical (unpaired) electrons. The normalized spacial score (nSPS) is 10.5. The first-order chi connectivity index (χ1) is 11.3. The van der Waals surface area contributed by atoms with Crippen LogP contribution in [-0.2, 0) is 4.79 Å². The Balaban J connectivity index is 2.36. The summed E-state index contributed by atoms with van der Waals surface area (Å²) in [5, 5.41) is 2.86. The highest BCUT2D eigenvalue weighted by molar-refractivity contribution is 5.91. The number of nitrogens with zero attached hydrogens (tertiary/aromatic N) is 2. The molecule has 0 aliphatic carbocycles. The molecule has 24 heavy (non-hydrogen) atoms. The average Bonchev–Trinajstić information content (AvgIpc) is 2.48. The van der Waals surface area contributed by atoms with Gasteiger partial charge in [-0.2, -0.15) is 0 Å². The maximum atomic E-state index is 12.0. The minimum absolute atomic E-state index is 0.0528. The highest BCUT2D eigenvalue weighted by Crippen LogP contribution is 2.22. The minimum atomic E-state index is -0.0528. The molecule has 0 fully saturated rings. The van der Waals surface area contributed by atoms with Gasteiger partial charge in [-0.05, 0) is 38.0 Å². The maximum Gasteiger partial charge on any atom is 0.225 e. The van der Waals surface area contributed by atoms with Crippen LogP contribution in [0.25, 0.3) is 17.3 Å². The summed E-state index contributed by atoms with van der Waals surface area (Å²) >= 11 is 0. The molecule has 1 heterocycles. The van der Waals surface area contributed by atoms with Crippen LogP contribution in [0.1, 0.15) is 39.8 Å². The smallest absolute Gasteiger partial charge is 0.225 e. The van der Waals surface area contributed by atoms with Crippen molar-refractivity contribution in [2.45, 2.75) is 34.1 Å². The molecule has 3 N–H and O–H groups in total. The van der Waals surface area contributed by atoms with Gasteiger partial charge in [0.2, 0.25) is 5.91 Å². The number of hydrogen-bond acceptors (Lipinski definition) is 4. The molecule has 5 heteroatoms. The number of benzene rings is 1. The highest BCUT2D eigenvalue weighted by atomic mass is 16.1. The molecule has 0 aliphatic rings. The summed E-state index contributed by atoms with van der Waals surface area (Å²) in [6.45, 7) is 7.98. The summed E-state index contributed by atoms with van der Waals surface area (Å²) in [4.78, 5) is 21.1. The lowest BCUT2D eigenvalue weighted by atomic mass is 10.1. The summed E-state index contributed by atoms with van der Waals surface area (Å²) in [7, 11) is 0. The number of nitrogens with two attached hydrogens (primary N) is 1. The third-order valence-electron chi connectivity index (χ3n) is 3.28. The molecule has 0 unspecified atom stereocenters. The second-order valence-electron chi connectivity index (χ2n) is 6.48. The van der Waals surface area contributed by atoms with Crippen LogP contribution >= 0.6 is 0 Å². The quantitative estimate of drug-likeness (QED) is 0.810. The Hall–Kier alpha value is -2.69. The van der Waals surface area contributed by atoms with Gasteiger partial charge < -0.3 is 11.1 Å². The molecule has 0 saturated heterocycles. The number of rotatable bonds is 5. The third-order valence-corrected chi connectivity index (χ3v) is 3.28. The number of amides is 1. The number of carbonyl (C=O) groups is 1. The zero-order valence-electron chi connectivity index (χ0n) is 14.6. The molecular weight excluding hydrogens is 300 g/mol. The summed E-state index contributed by atoms with van der Waals surface area (Å²) in [6, 6.07) is 7.47. The molecule has 1 aromatic carbocycles. The number of nitrogens with one attached hydrogen (secondary N) is 1. The number of anilines is 2. The lowest BCUT2D eigenvalue weighted by Crippen LogP contribution is -2.16. The molecule has 0 aliphatic heterocycles. The van der Waals surface area contributed by atoms with Crippen LogP contribution in [0.3, 0.4) is 0 Å². The van der Waals surface area contributed by atoms with Crippen molar-refractivity contribution in [3.8, 4) is 11.3 Å². The molecule has 2 aromatic rings. The topological polar surface area (TPSA) is 80.9 Å². The van der Waals surface area contributed by atoms with E-state index in [4.69, 9.17) is 5.73 Å². The SMILES string of the molecule is CC(C)=Cc1nc(-c2ccc(N)cc2)cnc1NC(=O)CC(C)C. The molecule has 0 saturated carbocycles. The van der Waals surface area contributed by atoms with Gasteiger partial charge in [0, 0.05) is 17.7 Å². The first-order valence-corrected chi connectivity index (χ1v) is 8.03. The molecule has 126 valence electrons. The number of nitrogen functional groups attached to an aromatic ring is 1. The van der Waals surface area contributed by atoms with E-state index < -0.39 is 0 Å². The van der Waals surface area contributed by atoms with Crippen molar-refractivity contribution in [1.82, 2.24) is 9.97 Å². The Morgan fingerprint density at radius 2 is 1.92 bits per heavy atom. The Morgan fingerprint density at radius 1 is 1.25 bits per heavy atom. The number of hydrogen-bond donors (Lipinski definition) is 2. The van der Waals surface area contributed by atoms with Crippen LogP contribution < -0.4 is 11.1 Å². The van der Waals surface area contributed by atoms with Gasteiger partial charge in [-0.15, -0.1) is 0 Å². The van der Waals surface area contributed by atoms with E-state index in [1.165, 1.54) is 0 Å². The van der Waals surface area contributed by atoms with Crippen LogP contribution in [0.5, 0.6) is 0 Å². The Labute approximate surface area is 143 Å². The van der Waals surface area contributed by atoms with Gasteiger partial charge in [-0.25, -0.2) is 9.97 Å². The lowest BCUT2D eigenvalue weighted by Gasteiger charge is -2.11. The predicted molar refractivity (Wildman–Crippen MR) is 99.3 cm³/mol. The summed E-state index contributed by atoms with van der Waals surface area (Å²) in [5.41, 5.74) is 9.84. The summed E-state index contributed by atoms with van der Waals surface area (Å²) < 4.78 is 0. The van der Waals surface area contributed by atoms with Gasteiger partial charge in [0.1, 0.15) is 5.69 Å². The van der Waals surface area contributed by atoms with Gasteiger partial charge in [0.05, 0.1) is 11.9 Å². The minimum Gasteiger partial charge on any atom is -0.399 e. The second kappa shape index (κ2) is 7.73. The van der Waals surface area contributed by atoms with E-state index in [0.717, 1.165) is 16.8 Å². The Bertz CT molecular complexity index is 744. The van der Waals surface area contributed by atoms with Gasteiger partial charge in [-0.3, -0.25) is 4.79 Å². The third kappa shape index (κ3) is 4.91. The number of aromatic nitrogens is 2. The van der Waals surface area contributed by atoms with Crippen molar-refractivity contribution in [1.29, 1.82) is 0 Å². The monoisotopic (exact) mass is 324 g/mol. The molecule has 0 atom stereocenters. The van der Waals surface area contributed by atoms with Crippen molar-refractivity contribution in [2.24, 2.45) is 5.92 Å². The van der Waals surface area contributed by atoms with E-state index in [2.05, 4.69) is 15.3 Å². The fraction of sp³-hybridized carbons (Fsp3) is 0.316. The van der Waals surface area contributed by atoms with Crippen LogP contribution in [0.2, 0.25) is 0 Å². The van der Waals surface area contributed by atoms with E-state index in [-0.39, 0.29) is 5.91 Å². The standard InChI is InChI=1S/C19H24N4O/c1-12(2)9-16-19(23-18(24)10-13(3)4)21-11-17(22-16)14-5-7-15(20)8-6-14/h5-9,11,13H,10,20H2,1-4H3,(H,21,23,24). The Kier molecular flexibility index (Phi) is 5.68. The van der Waals surface area contributed by atoms with Crippen LogP contribution in [0.15, 0.2) is 36.0 Å². The first-order valence-electron chi connectivity index (χ1n) is 8.03. The van der Waals surface area contributed by atoms with Gasteiger partial charge >= 0.3 is 0 Å². The van der Waals surface area contributed by atoms with E-state index in [0.29, 0.717) is 29.5 Å². The van der Waals surface area contributed by atoms with E-state index in [1.807, 2.05) is 58.0 Å². The second-order valence-corrected chi connectivity index (χ2v) is 6.48. The average molecular weight is 324 g/mol. The molecule has 2 rings (SSSR count). The summed E-state index contributed by atoms with van der Waals surface area (Å²) in [6.07, 6.45) is 4.04. The highest BCUT2D eigenvalue weighted by Gasteiger charge is 2.12. The number of carbonyl (C=O) groups excluding carboxylic acids is 1. The molecule has 1 amide bonds. The van der Waals surface area contributed by atoms with E-state index in [9.17, 15) is 4.79 Å². The molecule has 5 nitrogen and oxygen atoms in total. The number of allylic oxidation sites excluding steroid dienone is 1. The van der Waals surface area contributed by atoms with Crippen molar-refractivity contribution in [2.75, 3.05) is 11.1 Å². The van der Waals surface area contributed by atoms with Crippen molar-refractivity contribution in [3.63, 3.8) is 0 Å². The fourth-order valence-electron chi connectivity index (χ4n) is 2.22. The molecular formula is C19H24N4O. The lowest BCUT2D eigenvalue weighted by molar-refractivity contribution is -0.116. The van der Waals surface area contributed by atoms with Crippen molar-refractivity contribution >= 4 is 23.5 Å². The first kappa shape index (κ1) is 17.7. The predicted octanol–water partition coefficient (Wildman–Crippen LogP) is 4.13.